The Balaban J connectivity index is 0.000000708. The lowest BCUT2D eigenvalue weighted by molar-refractivity contribution is -0.192. The number of halogens is 3. The first-order chi connectivity index (χ1) is 19.0. The second-order valence-corrected chi connectivity index (χ2v) is 8.72. The monoisotopic (exact) mass is 559 g/mol. The number of anilines is 2. The van der Waals surface area contributed by atoms with Crippen LogP contribution in [0, 0.1) is 0 Å². The number of amides is 2. The molecular formula is C29H32F3N3O5. The number of rotatable bonds is 11. The summed E-state index contributed by atoms with van der Waals surface area (Å²) in [4.78, 5) is 34.5. The molecule has 11 heteroatoms. The summed E-state index contributed by atoms with van der Waals surface area (Å²) in [5.41, 5.74) is 8.70. The van der Waals surface area contributed by atoms with E-state index in [0.717, 1.165) is 24.8 Å². The first-order valence-corrected chi connectivity index (χ1v) is 12.5. The van der Waals surface area contributed by atoms with E-state index < -0.39 is 18.2 Å². The van der Waals surface area contributed by atoms with Gasteiger partial charge in [0.05, 0.1) is 0 Å². The van der Waals surface area contributed by atoms with Crippen molar-refractivity contribution in [1.82, 2.24) is 5.32 Å². The number of carbonyl (C=O) groups is 3. The summed E-state index contributed by atoms with van der Waals surface area (Å²) in [5, 5.41) is 12.9. The van der Waals surface area contributed by atoms with Gasteiger partial charge in [0.1, 0.15) is 18.4 Å². The maximum atomic E-state index is 13.1. The predicted molar refractivity (Wildman–Crippen MR) is 145 cm³/mol. The van der Waals surface area contributed by atoms with Crippen LogP contribution in [0.3, 0.4) is 0 Å². The van der Waals surface area contributed by atoms with Gasteiger partial charge in [-0.15, -0.1) is 0 Å². The van der Waals surface area contributed by atoms with Gasteiger partial charge in [0.25, 0.3) is 5.91 Å². The minimum Gasteiger partial charge on any atom is -0.489 e. The zero-order valence-corrected chi connectivity index (χ0v) is 21.9. The molecule has 0 aliphatic carbocycles. The Hall–Kier alpha value is -4.54. The van der Waals surface area contributed by atoms with Crippen molar-refractivity contribution in [2.24, 2.45) is 0 Å². The van der Waals surface area contributed by atoms with E-state index in [1.54, 1.807) is 36.4 Å². The number of hydrogen-bond donors (Lipinski definition) is 4. The van der Waals surface area contributed by atoms with Crippen molar-refractivity contribution < 1.29 is 37.4 Å². The molecule has 0 aromatic heterocycles. The predicted octanol–water partition coefficient (Wildman–Crippen LogP) is 5.86. The second kappa shape index (κ2) is 15.8. The molecule has 0 saturated carbocycles. The molecule has 3 aromatic carbocycles. The number of nitrogens with one attached hydrogen (secondary N) is 2. The lowest BCUT2D eigenvalue weighted by atomic mass is 10.0. The highest BCUT2D eigenvalue weighted by atomic mass is 19.4. The van der Waals surface area contributed by atoms with Gasteiger partial charge in [0, 0.05) is 17.8 Å². The first kappa shape index (κ1) is 31.7. The molecule has 214 valence electrons. The van der Waals surface area contributed by atoms with Crippen molar-refractivity contribution in [3.8, 4) is 5.75 Å². The number of nitrogen functional groups attached to an aromatic ring is 1. The minimum absolute atomic E-state index is 0.148. The third-order valence-corrected chi connectivity index (χ3v) is 5.46. The number of unbranched alkanes of at least 4 members (excludes halogenated alkanes) is 2. The fourth-order valence-electron chi connectivity index (χ4n) is 3.35. The van der Waals surface area contributed by atoms with Gasteiger partial charge in [-0.1, -0.05) is 62.2 Å². The Kier molecular flexibility index (Phi) is 12.5. The summed E-state index contributed by atoms with van der Waals surface area (Å²) >= 11 is 0. The Morgan fingerprint density at radius 3 is 2.08 bits per heavy atom. The number of alkyl halides is 3. The number of ether oxygens (including phenoxy) is 1. The number of carboxylic acids is 1. The van der Waals surface area contributed by atoms with Crippen LogP contribution in [0.5, 0.6) is 5.75 Å². The average molecular weight is 560 g/mol. The maximum absolute atomic E-state index is 13.1. The molecule has 3 aromatic rings. The van der Waals surface area contributed by atoms with Gasteiger partial charge in [-0.05, 0) is 53.9 Å². The summed E-state index contributed by atoms with van der Waals surface area (Å²) in [6, 6.07) is 23.2. The van der Waals surface area contributed by atoms with Gasteiger partial charge in [-0.3, -0.25) is 9.59 Å². The number of carboxylic acid groups (broad SMARTS) is 1. The Morgan fingerprint density at radius 1 is 0.925 bits per heavy atom. The molecular weight excluding hydrogens is 527 g/mol. The lowest BCUT2D eigenvalue weighted by Crippen LogP contribution is -2.36. The molecule has 0 aliphatic rings. The number of benzene rings is 3. The maximum Gasteiger partial charge on any atom is 0.490 e. The number of aliphatic carboxylic acids is 1. The number of nitrogens with two attached hydrogens (primary N) is 1. The second-order valence-electron chi connectivity index (χ2n) is 8.72. The van der Waals surface area contributed by atoms with Gasteiger partial charge in [-0.25, -0.2) is 4.79 Å². The Bertz CT molecular complexity index is 1220. The van der Waals surface area contributed by atoms with Crippen LogP contribution < -0.4 is 21.1 Å². The molecule has 5 N–H and O–H groups in total. The Labute approximate surface area is 230 Å². The van der Waals surface area contributed by atoms with Gasteiger partial charge < -0.3 is 26.2 Å². The molecule has 0 fully saturated rings. The van der Waals surface area contributed by atoms with Gasteiger partial charge in [0.2, 0.25) is 5.91 Å². The smallest absolute Gasteiger partial charge is 0.489 e. The number of hydrogen-bond acceptors (Lipinski definition) is 5. The van der Waals surface area contributed by atoms with E-state index in [4.69, 9.17) is 20.4 Å². The van der Waals surface area contributed by atoms with Crippen molar-refractivity contribution in [2.45, 2.75) is 51.4 Å². The zero-order valence-electron chi connectivity index (χ0n) is 21.9. The first-order valence-electron chi connectivity index (χ1n) is 12.5. The minimum atomic E-state index is -5.08. The highest BCUT2D eigenvalue weighted by Crippen LogP contribution is 2.22. The molecule has 1 atom stereocenters. The van der Waals surface area contributed by atoms with E-state index in [0.29, 0.717) is 35.7 Å². The zero-order chi connectivity index (χ0) is 29.5. The average Bonchev–Trinajstić information content (AvgIpc) is 2.93. The topological polar surface area (TPSA) is 131 Å². The quantitative estimate of drug-likeness (QED) is 0.172. The van der Waals surface area contributed by atoms with Crippen molar-refractivity contribution in [3.63, 3.8) is 0 Å². The normalized spacial score (nSPS) is 11.4. The highest BCUT2D eigenvalue weighted by Gasteiger charge is 2.38. The van der Waals surface area contributed by atoms with E-state index in [1.807, 2.05) is 42.5 Å². The van der Waals surface area contributed by atoms with Crippen LogP contribution in [-0.4, -0.2) is 29.1 Å². The fraction of sp³-hybridized carbons (Fsp3) is 0.276. The molecule has 0 spiro atoms. The van der Waals surface area contributed by atoms with Gasteiger partial charge in [-0.2, -0.15) is 13.2 Å². The van der Waals surface area contributed by atoms with Crippen LogP contribution in [0.15, 0.2) is 78.9 Å². The van der Waals surface area contributed by atoms with Crippen LogP contribution in [0.1, 0.15) is 49.8 Å². The van der Waals surface area contributed by atoms with E-state index in [2.05, 4.69) is 17.6 Å². The summed E-state index contributed by atoms with van der Waals surface area (Å²) in [5.74, 6) is -2.53. The molecule has 40 heavy (non-hydrogen) atoms. The fourth-order valence-corrected chi connectivity index (χ4v) is 3.35. The standard InChI is InChI=1S/C27H31N3O3.C2HF3O2/c1-2-3-5-10-25(31)30-26(27(32)29-23-15-13-22(28)14-16-23)21-11-17-24(18-12-21)33-19-20-8-6-4-7-9-20;3-2(4,5)1(6)7/h4,6-9,11-18,26H,2-3,5,10,19,28H2,1H3,(H,29,32)(H,30,31);(H,6,7)/t26-;/m0./s1. The van der Waals surface area contributed by atoms with Crippen LogP contribution in [0.25, 0.3) is 0 Å². The summed E-state index contributed by atoms with van der Waals surface area (Å²) in [6.45, 7) is 2.54. The summed E-state index contributed by atoms with van der Waals surface area (Å²) in [7, 11) is 0. The van der Waals surface area contributed by atoms with Gasteiger partial charge in [0.15, 0.2) is 0 Å². The van der Waals surface area contributed by atoms with E-state index in [-0.39, 0.29) is 11.8 Å². The molecule has 0 heterocycles. The van der Waals surface area contributed by atoms with Crippen molar-refractivity contribution in [1.29, 1.82) is 0 Å². The van der Waals surface area contributed by atoms with Crippen LogP contribution in [-0.2, 0) is 21.0 Å². The van der Waals surface area contributed by atoms with Crippen molar-refractivity contribution >= 4 is 29.2 Å². The van der Waals surface area contributed by atoms with Crippen molar-refractivity contribution in [2.75, 3.05) is 11.1 Å². The van der Waals surface area contributed by atoms with Crippen LogP contribution >= 0.6 is 0 Å². The third kappa shape index (κ3) is 11.5. The van der Waals surface area contributed by atoms with E-state index in [9.17, 15) is 22.8 Å². The Morgan fingerprint density at radius 2 is 1.52 bits per heavy atom. The highest BCUT2D eigenvalue weighted by molar-refractivity contribution is 5.98. The van der Waals surface area contributed by atoms with Crippen LogP contribution in [0.2, 0.25) is 0 Å². The van der Waals surface area contributed by atoms with E-state index >= 15 is 0 Å². The van der Waals surface area contributed by atoms with Gasteiger partial charge >= 0.3 is 12.1 Å². The SMILES string of the molecule is CCCCCC(=O)N[C@H](C(=O)Nc1ccc(N)cc1)c1ccc(OCc2ccccc2)cc1.O=C(O)C(F)(F)F. The van der Waals surface area contributed by atoms with Crippen LogP contribution in [0.4, 0.5) is 24.5 Å². The number of carbonyl (C=O) groups excluding carboxylic acids is 2. The molecule has 3 rings (SSSR count). The molecule has 0 saturated heterocycles. The largest absolute Gasteiger partial charge is 0.490 e. The molecule has 8 nitrogen and oxygen atoms in total. The lowest BCUT2D eigenvalue weighted by Gasteiger charge is -2.19. The molecule has 0 unspecified atom stereocenters. The third-order valence-electron chi connectivity index (χ3n) is 5.46. The van der Waals surface area contributed by atoms with Crippen molar-refractivity contribution in [3.05, 3.63) is 90.0 Å². The molecule has 0 radical (unpaired) electrons. The molecule has 0 bridgehead atoms. The summed E-state index contributed by atoms with van der Waals surface area (Å²) < 4.78 is 37.6. The summed E-state index contributed by atoms with van der Waals surface area (Å²) in [6.07, 6.45) is -1.90. The molecule has 2 amide bonds. The van der Waals surface area contributed by atoms with E-state index in [1.165, 1.54) is 0 Å². The molecule has 0 aliphatic heterocycles.